The third-order valence-electron chi connectivity index (χ3n) is 7.03. The minimum Gasteiger partial charge on any atom is -0.508 e. The molecule has 2 aliphatic heterocycles. The fourth-order valence-electron chi connectivity index (χ4n) is 5.18. The average molecular weight is 668 g/mol. The molecule has 0 saturated carbocycles. The van der Waals surface area contributed by atoms with Crippen LogP contribution < -0.4 is 15.1 Å². The number of rotatable bonds is 6. The van der Waals surface area contributed by atoms with Crippen molar-refractivity contribution in [2.24, 2.45) is 5.92 Å². The first-order valence-corrected chi connectivity index (χ1v) is 15.0. The molecular formula is C28H19BrN4O7S2. The number of aromatic hydroxyl groups is 1. The summed E-state index contributed by atoms with van der Waals surface area (Å²) in [6, 6.07) is 18.4. The number of halogens is 1. The van der Waals surface area contributed by atoms with E-state index in [1.807, 2.05) is 18.2 Å². The molecule has 3 amide bonds. The van der Waals surface area contributed by atoms with Crippen molar-refractivity contribution < 1.29 is 24.4 Å². The highest BCUT2D eigenvalue weighted by atomic mass is 79.9. The Hall–Kier alpha value is -4.27. The summed E-state index contributed by atoms with van der Waals surface area (Å²) in [5.74, 6) is -2.92. The summed E-state index contributed by atoms with van der Waals surface area (Å²) in [6.07, 6.45) is 0. The lowest BCUT2D eigenvalue weighted by molar-refractivity contribution is -0.384. The normalized spacial score (nSPS) is 19.4. The number of nitro groups is 1. The van der Waals surface area contributed by atoms with Crippen LogP contribution in [0.5, 0.6) is 5.75 Å². The molecule has 4 aromatic rings. The first-order valence-electron chi connectivity index (χ1n) is 12.5. The summed E-state index contributed by atoms with van der Waals surface area (Å²) in [7, 11) is 0. The molecule has 3 unspecified atom stereocenters. The maximum Gasteiger partial charge on any atom is 0.308 e. The van der Waals surface area contributed by atoms with Gasteiger partial charge >= 0.3 is 4.87 Å². The zero-order chi connectivity index (χ0) is 29.7. The lowest BCUT2D eigenvalue weighted by Crippen LogP contribution is -2.33. The number of imide groups is 1. The molecule has 3 heterocycles. The molecule has 1 aromatic heterocycles. The number of amides is 3. The third kappa shape index (κ3) is 4.91. The van der Waals surface area contributed by atoms with Gasteiger partial charge in [-0.25, -0.2) is 4.90 Å². The van der Waals surface area contributed by atoms with Crippen LogP contribution in [0.1, 0.15) is 16.4 Å². The van der Waals surface area contributed by atoms with Gasteiger partial charge in [-0.3, -0.25) is 33.9 Å². The lowest BCUT2D eigenvalue weighted by Gasteiger charge is -2.30. The Balaban J connectivity index is 1.40. The first-order chi connectivity index (χ1) is 20.1. The maximum absolute atomic E-state index is 13.9. The van der Waals surface area contributed by atoms with Crippen LogP contribution >= 0.6 is 39.0 Å². The van der Waals surface area contributed by atoms with E-state index in [9.17, 15) is 34.4 Å². The molecule has 3 atom stereocenters. The number of aromatic nitrogens is 1. The predicted octanol–water partition coefficient (Wildman–Crippen LogP) is 4.72. The van der Waals surface area contributed by atoms with Gasteiger partial charge in [-0.15, -0.1) is 0 Å². The minimum absolute atomic E-state index is 0.0409. The molecule has 0 aliphatic carbocycles. The molecule has 1 saturated heterocycles. The van der Waals surface area contributed by atoms with Crippen LogP contribution in [0.15, 0.2) is 87.1 Å². The number of carbonyl (C=O) groups is 3. The number of non-ortho nitro benzene ring substituents is 1. The number of benzene rings is 3. The Labute approximate surface area is 254 Å². The van der Waals surface area contributed by atoms with Gasteiger partial charge in [0.1, 0.15) is 17.5 Å². The van der Waals surface area contributed by atoms with E-state index >= 15 is 0 Å². The van der Waals surface area contributed by atoms with Crippen LogP contribution in [-0.2, 0) is 20.9 Å². The monoisotopic (exact) mass is 666 g/mol. The topological polar surface area (TPSA) is 152 Å². The number of carbonyl (C=O) groups excluding carboxylic acids is 3. The molecule has 11 nitrogen and oxygen atoms in total. The van der Waals surface area contributed by atoms with Crippen LogP contribution in [0, 0.1) is 16.0 Å². The van der Waals surface area contributed by atoms with E-state index < -0.39 is 44.6 Å². The summed E-state index contributed by atoms with van der Waals surface area (Å²) >= 11 is 5.48. The number of nitro benzene ring substituents is 1. The van der Waals surface area contributed by atoms with Crippen molar-refractivity contribution >= 4 is 73.8 Å². The van der Waals surface area contributed by atoms with Gasteiger partial charge in [0.25, 0.3) is 5.69 Å². The Morgan fingerprint density at radius 1 is 1.02 bits per heavy atom. The number of anilines is 2. The number of phenols is 1. The number of hydrogen-bond donors (Lipinski definition) is 2. The van der Waals surface area contributed by atoms with Crippen molar-refractivity contribution in [3.8, 4) is 5.75 Å². The van der Waals surface area contributed by atoms with E-state index in [4.69, 9.17) is 0 Å². The van der Waals surface area contributed by atoms with Crippen molar-refractivity contribution in [1.82, 2.24) is 4.57 Å². The second-order valence-electron chi connectivity index (χ2n) is 9.60. The van der Waals surface area contributed by atoms with Gasteiger partial charge in [-0.05, 0) is 54.1 Å². The van der Waals surface area contributed by atoms with Gasteiger partial charge in [0.05, 0.1) is 21.6 Å². The molecule has 2 aliphatic rings. The molecule has 0 radical (unpaired) electrons. The van der Waals surface area contributed by atoms with Crippen molar-refractivity contribution in [1.29, 1.82) is 0 Å². The summed E-state index contributed by atoms with van der Waals surface area (Å²) in [4.78, 5) is 65.7. The summed E-state index contributed by atoms with van der Waals surface area (Å²) in [5, 5.41) is 22.9. The van der Waals surface area contributed by atoms with Gasteiger partial charge < -0.3 is 10.4 Å². The first kappa shape index (κ1) is 27.9. The molecule has 3 aromatic carbocycles. The second kappa shape index (κ2) is 10.9. The fourth-order valence-corrected chi connectivity index (χ4v) is 8.37. The molecule has 0 bridgehead atoms. The summed E-state index contributed by atoms with van der Waals surface area (Å²) < 4.78 is 2.06. The zero-order valence-electron chi connectivity index (χ0n) is 21.3. The summed E-state index contributed by atoms with van der Waals surface area (Å²) in [5.41, 5.74) is 1.19. The molecular weight excluding hydrogens is 648 g/mol. The molecule has 42 heavy (non-hydrogen) atoms. The lowest BCUT2D eigenvalue weighted by atomic mass is 9.83. The van der Waals surface area contributed by atoms with Crippen LogP contribution in [0.2, 0.25) is 0 Å². The van der Waals surface area contributed by atoms with Crippen LogP contribution in [-0.4, -0.2) is 37.6 Å². The number of nitrogens with zero attached hydrogens (tertiary/aromatic N) is 3. The molecule has 212 valence electrons. The van der Waals surface area contributed by atoms with E-state index in [1.165, 1.54) is 53.1 Å². The van der Waals surface area contributed by atoms with E-state index in [0.29, 0.717) is 15.6 Å². The van der Waals surface area contributed by atoms with Crippen LogP contribution in [0.3, 0.4) is 0 Å². The van der Waals surface area contributed by atoms with Gasteiger partial charge in [0.2, 0.25) is 17.7 Å². The number of fused-ring (bicyclic) bond motifs is 2. The minimum atomic E-state index is -0.899. The van der Waals surface area contributed by atoms with Gasteiger partial charge in [-0.1, -0.05) is 51.2 Å². The van der Waals surface area contributed by atoms with Crippen molar-refractivity contribution in [3.63, 3.8) is 0 Å². The van der Waals surface area contributed by atoms with E-state index in [1.54, 1.807) is 6.07 Å². The van der Waals surface area contributed by atoms with Gasteiger partial charge in [0, 0.05) is 33.1 Å². The Kier molecular flexibility index (Phi) is 7.20. The molecule has 14 heteroatoms. The number of hydrogen-bond acceptors (Lipinski definition) is 9. The van der Waals surface area contributed by atoms with E-state index in [2.05, 4.69) is 21.2 Å². The number of phenolic OH excluding ortho intramolecular Hbond substituents is 1. The maximum atomic E-state index is 13.9. The number of thiazole rings is 1. The van der Waals surface area contributed by atoms with Crippen LogP contribution in [0.4, 0.5) is 17.1 Å². The molecule has 6 rings (SSSR count). The quantitative estimate of drug-likeness (QED) is 0.130. The fraction of sp³-hybridized carbons (Fsp3) is 0.143. The van der Waals surface area contributed by atoms with Gasteiger partial charge in [-0.2, -0.15) is 0 Å². The molecule has 1 fully saturated rings. The highest BCUT2D eigenvalue weighted by Crippen LogP contribution is 2.54. The highest BCUT2D eigenvalue weighted by molar-refractivity contribution is 9.10. The van der Waals surface area contributed by atoms with E-state index in [0.717, 1.165) is 38.0 Å². The predicted molar refractivity (Wildman–Crippen MR) is 160 cm³/mol. The number of thioether (sulfide) groups is 1. The van der Waals surface area contributed by atoms with Crippen molar-refractivity contribution in [2.75, 3.05) is 10.2 Å². The third-order valence-corrected chi connectivity index (χ3v) is 10.1. The second-order valence-corrected chi connectivity index (χ2v) is 12.6. The highest BCUT2D eigenvalue weighted by Gasteiger charge is 2.56. The summed E-state index contributed by atoms with van der Waals surface area (Å²) in [6.45, 7) is -0.324. The zero-order valence-corrected chi connectivity index (χ0v) is 24.5. The Morgan fingerprint density at radius 2 is 1.74 bits per heavy atom. The molecule has 2 N–H and O–H groups in total. The van der Waals surface area contributed by atoms with Gasteiger partial charge in [0.15, 0.2) is 0 Å². The van der Waals surface area contributed by atoms with Crippen molar-refractivity contribution in [2.45, 2.75) is 22.7 Å². The standard InChI is InChI=1S/C28H19BrN4O7S2/c29-15-3-1-2-14(12-15)21-22-23(26(37)32(25(22)36)17-6-8-18(9-7-17)33(39)40)41-27-24(21)42-28(38)31(27)13-20(35)30-16-4-10-19(34)11-5-16/h1-12,21-23,34H,13H2,(H,30,35). The average Bonchev–Trinajstić information content (AvgIpc) is 3.40. The van der Waals surface area contributed by atoms with Crippen LogP contribution in [0.25, 0.3) is 0 Å². The number of nitrogens with one attached hydrogen (secondary N) is 1. The SMILES string of the molecule is O=C(Cn1c2c(sc1=O)C(c1cccc(Br)c1)C1C(=O)N(c3ccc([N+](=O)[O-])cc3)C(=O)C1S2)Nc1ccc(O)cc1. The smallest absolute Gasteiger partial charge is 0.308 e. The molecule has 0 spiro atoms. The van der Waals surface area contributed by atoms with Crippen molar-refractivity contribution in [3.05, 3.63) is 107 Å². The largest absolute Gasteiger partial charge is 0.508 e. The Morgan fingerprint density at radius 3 is 2.40 bits per heavy atom. The Bertz CT molecular complexity index is 1820. The van der Waals surface area contributed by atoms with E-state index in [-0.39, 0.29) is 23.7 Å².